The fourth-order valence-electron chi connectivity index (χ4n) is 5.65. The van der Waals surface area contributed by atoms with Gasteiger partial charge in [-0.2, -0.15) is 5.10 Å². The summed E-state index contributed by atoms with van der Waals surface area (Å²) in [5, 5.41) is 20.8. The van der Waals surface area contributed by atoms with E-state index in [2.05, 4.69) is 30.3 Å². The molecule has 7 heteroatoms. The van der Waals surface area contributed by atoms with Gasteiger partial charge in [-0.1, -0.05) is 60.7 Å². The number of phenolic OH excluding ortho intramolecular Hbond substituents is 1. The average molecular weight is 585 g/mol. The number of carbonyl (C=O) groups excluding carboxylic acids is 1. The van der Waals surface area contributed by atoms with Crippen LogP contribution >= 0.6 is 0 Å². The third-order valence-corrected chi connectivity index (χ3v) is 7.82. The topological polar surface area (TPSA) is 82.3 Å². The Labute approximate surface area is 255 Å². The molecule has 1 aromatic heterocycles. The minimum atomic E-state index is -0.444. The molecule has 6 aromatic rings. The number of fused-ring (bicyclic) bond motifs is 2. The molecule has 7 nitrogen and oxygen atoms in total. The number of phenols is 1. The van der Waals surface area contributed by atoms with Crippen LogP contribution in [0.1, 0.15) is 28.5 Å². The number of carbonyl (C=O) groups is 1. The van der Waals surface area contributed by atoms with Gasteiger partial charge >= 0.3 is 5.97 Å². The number of nitrogens with zero attached hydrogens (tertiary/aromatic N) is 2. The molecular weight excluding hydrogens is 552 g/mol. The molecule has 0 amide bonds. The van der Waals surface area contributed by atoms with Crippen LogP contribution in [0.15, 0.2) is 102 Å². The lowest BCUT2D eigenvalue weighted by Gasteiger charge is -2.14. The highest BCUT2D eigenvalue weighted by Crippen LogP contribution is 2.41. The van der Waals surface area contributed by atoms with Crippen LogP contribution in [0.25, 0.3) is 43.9 Å². The Bertz CT molecular complexity index is 2000. The molecule has 0 aliphatic rings. The Balaban J connectivity index is 1.51. The van der Waals surface area contributed by atoms with Gasteiger partial charge in [-0.3, -0.25) is 0 Å². The van der Waals surface area contributed by atoms with E-state index >= 15 is 0 Å². The molecule has 0 atom stereocenters. The van der Waals surface area contributed by atoms with Crippen molar-refractivity contribution in [3.05, 3.63) is 114 Å². The fraction of sp³-hybridized carbons (Fsp3) is 0.135. The summed E-state index contributed by atoms with van der Waals surface area (Å²) in [6.07, 6.45) is 1.60. The maximum Gasteiger partial charge on any atom is 0.340 e. The van der Waals surface area contributed by atoms with E-state index in [1.807, 2.05) is 61.5 Å². The number of hydrogen-bond donors (Lipinski definition) is 1. The first-order chi connectivity index (χ1) is 21.4. The average Bonchev–Trinajstić information content (AvgIpc) is 3.38. The third kappa shape index (κ3) is 5.02. The maximum absolute atomic E-state index is 12.9. The molecule has 0 spiro atoms. The first-order valence-corrected chi connectivity index (χ1v) is 14.3. The van der Waals surface area contributed by atoms with Gasteiger partial charge in [0.2, 0.25) is 0 Å². The van der Waals surface area contributed by atoms with Crippen LogP contribution < -0.4 is 9.47 Å². The van der Waals surface area contributed by atoms with Crippen molar-refractivity contribution < 1.29 is 24.1 Å². The number of hydrogen-bond acceptors (Lipinski definition) is 6. The second kappa shape index (κ2) is 12.0. The van der Waals surface area contributed by atoms with Crippen molar-refractivity contribution in [3.63, 3.8) is 0 Å². The monoisotopic (exact) mass is 584 g/mol. The molecule has 220 valence electrons. The summed E-state index contributed by atoms with van der Waals surface area (Å²) < 4.78 is 18.0. The largest absolute Gasteiger partial charge is 0.507 e. The van der Waals surface area contributed by atoms with Crippen LogP contribution in [-0.4, -0.2) is 42.8 Å². The molecule has 0 aliphatic carbocycles. The van der Waals surface area contributed by atoms with E-state index in [4.69, 9.17) is 19.3 Å². The molecule has 44 heavy (non-hydrogen) atoms. The highest BCUT2D eigenvalue weighted by molar-refractivity contribution is 6.14. The predicted molar refractivity (Wildman–Crippen MR) is 175 cm³/mol. The minimum Gasteiger partial charge on any atom is -0.507 e. The normalized spacial score (nSPS) is 11.4. The lowest BCUT2D eigenvalue weighted by molar-refractivity contribution is 0.0525. The van der Waals surface area contributed by atoms with Crippen molar-refractivity contribution in [1.29, 1.82) is 0 Å². The van der Waals surface area contributed by atoms with E-state index in [-0.39, 0.29) is 12.4 Å². The van der Waals surface area contributed by atoms with Crippen molar-refractivity contribution in [2.24, 2.45) is 5.10 Å². The zero-order valence-corrected chi connectivity index (χ0v) is 25.0. The second-order valence-corrected chi connectivity index (χ2v) is 10.3. The van der Waals surface area contributed by atoms with Crippen LogP contribution in [0.3, 0.4) is 0 Å². The van der Waals surface area contributed by atoms with Gasteiger partial charge in [0, 0.05) is 28.3 Å². The molecule has 0 saturated heterocycles. The van der Waals surface area contributed by atoms with Crippen molar-refractivity contribution in [2.75, 3.05) is 20.8 Å². The van der Waals surface area contributed by atoms with Crippen LogP contribution in [0, 0.1) is 6.92 Å². The summed E-state index contributed by atoms with van der Waals surface area (Å²) in [4.78, 5) is 12.9. The van der Waals surface area contributed by atoms with Crippen molar-refractivity contribution in [3.8, 4) is 39.6 Å². The van der Waals surface area contributed by atoms with E-state index in [1.54, 1.807) is 44.2 Å². The first kappa shape index (κ1) is 28.6. The summed E-state index contributed by atoms with van der Waals surface area (Å²) in [7, 11) is 3.17. The smallest absolute Gasteiger partial charge is 0.340 e. The van der Waals surface area contributed by atoms with E-state index in [0.29, 0.717) is 45.1 Å². The van der Waals surface area contributed by atoms with Gasteiger partial charge in [-0.15, -0.1) is 0 Å². The van der Waals surface area contributed by atoms with Crippen molar-refractivity contribution in [1.82, 2.24) is 4.68 Å². The Kier molecular flexibility index (Phi) is 7.77. The lowest BCUT2D eigenvalue weighted by Crippen LogP contribution is -2.06. The molecule has 0 aliphatic heterocycles. The van der Waals surface area contributed by atoms with Gasteiger partial charge < -0.3 is 19.3 Å². The number of para-hydroxylation sites is 1. The van der Waals surface area contributed by atoms with E-state index < -0.39 is 5.97 Å². The number of methoxy groups -OCH3 is 2. The SMILES string of the molecule is CCOC(=O)c1cc(-c2ccc(OC)cc2OC)n(/N=C/c2cccc(-c3c4ccccc4cc4ccccc34)c2O)c1C. The van der Waals surface area contributed by atoms with Gasteiger partial charge in [-0.25, -0.2) is 9.47 Å². The van der Waals surface area contributed by atoms with Crippen molar-refractivity contribution >= 4 is 33.7 Å². The van der Waals surface area contributed by atoms with E-state index in [0.717, 1.165) is 27.1 Å². The molecule has 6 rings (SSSR count). The Morgan fingerprint density at radius 3 is 2.20 bits per heavy atom. The predicted octanol–water partition coefficient (Wildman–Crippen LogP) is 8.22. The number of ether oxygens (including phenoxy) is 3. The number of aromatic hydroxyl groups is 1. The van der Waals surface area contributed by atoms with Crippen molar-refractivity contribution in [2.45, 2.75) is 13.8 Å². The van der Waals surface area contributed by atoms with Gasteiger partial charge in [0.05, 0.1) is 44.0 Å². The number of esters is 1. The van der Waals surface area contributed by atoms with E-state index in [1.165, 1.54) is 0 Å². The van der Waals surface area contributed by atoms with E-state index in [9.17, 15) is 9.90 Å². The summed E-state index contributed by atoms with van der Waals surface area (Å²) in [6.45, 7) is 3.82. The van der Waals surface area contributed by atoms with Gasteiger partial charge in [0.25, 0.3) is 0 Å². The number of aromatic nitrogens is 1. The molecular formula is C37H32N2O5. The summed E-state index contributed by atoms with van der Waals surface area (Å²) in [6, 6.07) is 31.4. The molecule has 1 N–H and O–H groups in total. The number of benzene rings is 5. The number of rotatable bonds is 8. The van der Waals surface area contributed by atoms with Crippen LogP contribution in [0.2, 0.25) is 0 Å². The van der Waals surface area contributed by atoms with Crippen LogP contribution in [0.4, 0.5) is 0 Å². The van der Waals surface area contributed by atoms with Gasteiger partial charge in [0.1, 0.15) is 17.2 Å². The maximum atomic E-state index is 12.9. The van der Waals surface area contributed by atoms with Crippen LogP contribution in [0.5, 0.6) is 17.2 Å². The van der Waals surface area contributed by atoms with Crippen LogP contribution in [-0.2, 0) is 4.74 Å². The fourth-order valence-corrected chi connectivity index (χ4v) is 5.65. The summed E-state index contributed by atoms with van der Waals surface area (Å²) in [5.74, 6) is 0.857. The molecule has 0 saturated carbocycles. The standard InChI is InChI=1S/C37H32N2O5/c1-5-44-37(41)32-21-33(30-18-17-27(42-3)20-34(30)43-4)39(23(32)2)38-22-26-13-10-16-31(36(26)40)35-28-14-8-6-11-24(28)19-25-12-7-9-15-29(25)35/h6-22,40H,5H2,1-4H3/b38-22+. The zero-order valence-electron chi connectivity index (χ0n) is 25.0. The Hall–Kier alpha value is -5.56. The Morgan fingerprint density at radius 1 is 0.841 bits per heavy atom. The molecule has 0 radical (unpaired) electrons. The summed E-state index contributed by atoms with van der Waals surface area (Å²) >= 11 is 0. The first-order valence-electron chi connectivity index (χ1n) is 14.3. The molecule has 0 unspecified atom stereocenters. The van der Waals surface area contributed by atoms with Gasteiger partial charge in [-0.05, 0) is 65.7 Å². The Morgan fingerprint density at radius 2 is 1.55 bits per heavy atom. The molecule has 5 aromatic carbocycles. The quantitative estimate of drug-likeness (QED) is 0.111. The zero-order chi connectivity index (χ0) is 30.8. The van der Waals surface area contributed by atoms with Gasteiger partial charge in [0.15, 0.2) is 0 Å². The minimum absolute atomic E-state index is 0.108. The summed E-state index contributed by atoms with van der Waals surface area (Å²) in [5.41, 5.74) is 4.49. The second-order valence-electron chi connectivity index (χ2n) is 10.3. The molecule has 0 fully saturated rings. The molecule has 1 heterocycles. The molecule has 0 bridgehead atoms. The lowest BCUT2D eigenvalue weighted by atomic mass is 9.91. The highest BCUT2D eigenvalue weighted by Gasteiger charge is 2.22. The highest BCUT2D eigenvalue weighted by atomic mass is 16.5. The third-order valence-electron chi connectivity index (χ3n) is 7.82.